The predicted octanol–water partition coefficient (Wildman–Crippen LogP) is 4.00. The summed E-state index contributed by atoms with van der Waals surface area (Å²) >= 11 is 9.77. The first-order valence-corrected chi connectivity index (χ1v) is 9.41. The summed E-state index contributed by atoms with van der Waals surface area (Å²) in [5.41, 5.74) is 0. The van der Waals surface area contributed by atoms with Crippen molar-refractivity contribution in [3.05, 3.63) is 0 Å². The van der Waals surface area contributed by atoms with Crippen LogP contribution in [-0.4, -0.2) is 34.5 Å². The minimum absolute atomic E-state index is 0.586. The second kappa shape index (κ2) is 11.7. The highest BCUT2D eigenvalue weighted by Crippen LogP contribution is 2.28. The first-order valence-electron chi connectivity index (χ1n) is 3.95. The number of hydrogen-bond donors (Lipinski definition) is 0. The molecule has 8 heteroatoms. The molecule has 15 heavy (non-hydrogen) atoms. The molecular formula is C7H12O2S6. The minimum atomic E-state index is 0.586. The highest BCUT2D eigenvalue weighted by atomic mass is 33.1. The maximum atomic E-state index is 4.88. The van der Waals surface area contributed by atoms with E-state index < -0.39 is 0 Å². The topological polar surface area (TPSA) is 18.5 Å². The average molecular weight is 321 g/mol. The maximum Gasteiger partial charge on any atom is 0.230 e. The van der Waals surface area contributed by atoms with Gasteiger partial charge < -0.3 is 9.47 Å². The molecule has 0 saturated heterocycles. The van der Waals surface area contributed by atoms with Crippen molar-refractivity contribution in [1.82, 2.24) is 0 Å². The molecule has 0 rings (SSSR count). The quantitative estimate of drug-likeness (QED) is 0.410. The third kappa shape index (κ3) is 11.4. The van der Waals surface area contributed by atoms with Crippen LogP contribution >= 0.6 is 67.6 Å². The van der Waals surface area contributed by atoms with Crippen LogP contribution in [0.25, 0.3) is 0 Å². The second-order valence-electron chi connectivity index (χ2n) is 2.07. The van der Waals surface area contributed by atoms with E-state index in [1.807, 2.05) is 0 Å². The Morgan fingerprint density at radius 2 is 1.33 bits per heavy atom. The van der Waals surface area contributed by atoms with E-state index in [0.717, 1.165) is 17.9 Å². The zero-order valence-electron chi connectivity index (χ0n) is 8.39. The molecule has 0 amide bonds. The Hall–Kier alpha value is 1.18. The van der Waals surface area contributed by atoms with Crippen LogP contribution in [0.1, 0.15) is 6.42 Å². The van der Waals surface area contributed by atoms with Gasteiger partial charge in [-0.1, -0.05) is 21.6 Å². The Morgan fingerprint density at radius 1 is 0.933 bits per heavy atom. The molecule has 0 unspecified atom stereocenters. The highest BCUT2D eigenvalue weighted by molar-refractivity contribution is 8.84. The lowest BCUT2D eigenvalue weighted by atomic mass is 10.6. The summed E-state index contributed by atoms with van der Waals surface area (Å²) in [7, 11) is 9.62. The molecule has 88 valence electrons. The Kier molecular flexibility index (Phi) is 12.6. The molecule has 0 saturated carbocycles. The molecule has 0 spiro atoms. The van der Waals surface area contributed by atoms with Gasteiger partial charge in [-0.25, -0.2) is 0 Å². The average Bonchev–Trinajstić information content (AvgIpc) is 2.26. The third-order valence-corrected chi connectivity index (χ3v) is 6.88. The van der Waals surface area contributed by atoms with Gasteiger partial charge in [-0.05, 0) is 52.4 Å². The van der Waals surface area contributed by atoms with Crippen molar-refractivity contribution in [3.8, 4) is 0 Å². The molecule has 0 radical (unpaired) electrons. The first kappa shape index (κ1) is 16.2. The Bertz CT molecular complexity index is 178. The Labute approximate surface area is 117 Å². The highest BCUT2D eigenvalue weighted by Gasteiger charge is 1.99. The van der Waals surface area contributed by atoms with E-state index >= 15 is 0 Å². The molecule has 2 nitrogen and oxygen atoms in total. The lowest BCUT2D eigenvalue weighted by molar-refractivity contribution is 0.426. The summed E-state index contributed by atoms with van der Waals surface area (Å²) in [6.45, 7) is 0. The molecule has 0 aromatic carbocycles. The molecule has 0 aromatic rings. The first-order chi connectivity index (χ1) is 7.20. The molecule has 0 aliphatic rings. The van der Waals surface area contributed by atoms with E-state index in [2.05, 4.69) is 0 Å². The van der Waals surface area contributed by atoms with Gasteiger partial charge in [-0.15, -0.1) is 0 Å². The number of rotatable bonds is 6. The van der Waals surface area contributed by atoms with Gasteiger partial charge in [0.15, 0.2) is 0 Å². The van der Waals surface area contributed by atoms with Crippen LogP contribution in [0.2, 0.25) is 0 Å². The molecule has 0 heterocycles. The van der Waals surface area contributed by atoms with E-state index in [9.17, 15) is 0 Å². The van der Waals surface area contributed by atoms with Crippen molar-refractivity contribution in [2.24, 2.45) is 0 Å². The van der Waals surface area contributed by atoms with Gasteiger partial charge in [0.1, 0.15) is 0 Å². The van der Waals surface area contributed by atoms with Crippen molar-refractivity contribution in [2.45, 2.75) is 6.42 Å². The fourth-order valence-electron chi connectivity index (χ4n) is 0.424. The largest absolute Gasteiger partial charge is 0.481 e. The van der Waals surface area contributed by atoms with E-state index in [-0.39, 0.29) is 0 Å². The molecule has 0 bridgehead atoms. The Morgan fingerprint density at radius 3 is 1.67 bits per heavy atom. The third-order valence-electron chi connectivity index (χ3n) is 1.04. The van der Waals surface area contributed by atoms with Gasteiger partial charge in [-0.2, -0.15) is 0 Å². The van der Waals surface area contributed by atoms with E-state index in [1.165, 1.54) is 21.6 Å². The van der Waals surface area contributed by atoms with Crippen LogP contribution in [0.3, 0.4) is 0 Å². The van der Waals surface area contributed by atoms with E-state index in [0.29, 0.717) is 8.77 Å². The summed E-state index contributed by atoms with van der Waals surface area (Å²) < 4.78 is 10.9. The normalized spacial score (nSPS) is 9.73. The van der Waals surface area contributed by atoms with Crippen LogP contribution < -0.4 is 0 Å². The zero-order valence-corrected chi connectivity index (χ0v) is 13.3. The number of hydrogen-bond acceptors (Lipinski definition) is 8. The molecule has 0 aliphatic carbocycles. The zero-order chi connectivity index (χ0) is 11.5. The van der Waals surface area contributed by atoms with Gasteiger partial charge in [0.05, 0.1) is 14.2 Å². The number of methoxy groups -OCH3 is 2. The molecule has 0 N–H and O–H groups in total. The van der Waals surface area contributed by atoms with Crippen molar-refractivity contribution in [1.29, 1.82) is 0 Å². The fraction of sp³-hybridized carbons (Fsp3) is 0.714. The van der Waals surface area contributed by atoms with Crippen molar-refractivity contribution >= 4 is 76.4 Å². The van der Waals surface area contributed by atoms with E-state index in [4.69, 9.17) is 33.9 Å². The SMILES string of the molecule is COC(=S)SSCCCSSC(=S)OC. The molecule has 0 aromatic heterocycles. The summed E-state index contributed by atoms with van der Waals surface area (Å²) in [6.07, 6.45) is 1.12. The summed E-state index contributed by atoms with van der Waals surface area (Å²) in [4.78, 5) is 0. The van der Waals surface area contributed by atoms with Gasteiger partial charge in [0.25, 0.3) is 0 Å². The van der Waals surface area contributed by atoms with Crippen LogP contribution in [0.15, 0.2) is 0 Å². The van der Waals surface area contributed by atoms with Gasteiger partial charge in [-0.3, -0.25) is 0 Å². The summed E-state index contributed by atoms with van der Waals surface area (Å²) in [5, 5.41) is 0. The molecular weight excluding hydrogens is 308 g/mol. The molecule has 0 atom stereocenters. The minimum Gasteiger partial charge on any atom is -0.481 e. The van der Waals surface area contributed by atoms with Crippen LogP contribution in [-0.2, 0) is 9.47 Å². The number of thiocarbonyl (C=S) groups is 2. The summed E-state index contributed by atoms with van der Waals surface area (Å²) in [5.74, 6) is 2.11. The van der Waals surface area contributed by atoms with Crippen LogP contribution in [0.4, 0.5) is 0 Å². The van der Waals surface area contributed by atoms with Crippen molar-refractivity contribution in [2.75, 3.05) is 25.7 Å². The van der Waals surface area contributed by atoms with Gasteiger partial charge >= 0.3 is 0 Å². The van der Waals surface area contributed by atoms with Gasteiger partial charge in [0, 0.05) is 11.5 Å². The van der Waals surface area contributed by atoms with Crippen LogP contribution in [0.5, 0.6) is 0 Å². The maximum absolute atomic E-state index is 4.88. The van der Waals surface area contributed by atoms with Crippen molar-refractivity contribution in [3.63, 3.8) is 0 Å². The second-order valence-corrected chi connectivity index (χ2v) is 8.11. The van der Waals surface area contributed by atoms with Crippen molar-refractivity contribution < 1.29 is 9.47 Å². The lowest BCUT2D eigenvalue weighted by Crippen LogP contribution is -1.89. The standard InChI is InChI=1S/C7H12O2S6/c1-8-6(10)14-12-4-3-5-13-15-7(11)9-2/h3-5H2,1-2H3. The Balaban J connectivity index is 3.11. The molecule has 0 aliphatic heterocycles. The fourth-order valence-corrected chi connectivity index (χ4v) is 4.69. The van der Waals surface area contributed by atoms with Gasteiger partial charge in [0.2, 0.25) is 8.77 Å². The smallest absolute Gasteiger partial charge is 0.230 e. The lowest BCUT2D eigenvalue weighted by Gasteiger charge is -2.02. The van der Waals surface area contributed by atoms with Crippen LogP contribution in [0, 0.1) is 0 Å². The van der Waals surface area contributed by atoms with E-state index in [1.54, 1.807) is 35.8 Å². The summed E-state index contributed by atoms with van der Waals surface area (Å²) in [6, 6.07) is 0. The predicted molar refractivity (Wildman–Crippen MR) is 83.9 cm³/mol. The molecule has 0 fully saturated rings. The number of ether oxygens (including phenoxy) is 2. The monoisotopic (exact) mass is 320 g/mol.